The largest absolute Gasteiger partial charge is 0.476 e. The monoisotopic (exact) mass is 409 g/mol. The lowest BCUT2D eigenvalue weighted by Gasteiger charge is -2.69. The molecule has 0 radical (unpaired) electrons. The van der Waals surface area contributed by atoms with Crippen LogP contribution in [0.5, 0.6) is 5.88 Å². The highest BCUT2D eigenvalue weighted by Crippen LogP contribution is 2.74. The average molecular weight is 409 g/mol. The molecule has 30 heavy (non-hydrogen) atoms. The van der Waals surface area contributed by atoms with Gasteiger partial charge in [-0.15, -0.1) is 0 Å². The molecule has 7 nitrogen and oxygen atoms in total. The lowest BCUT2D eigenvalue weighted by atomic mass is 9.35. The second kappa shape index (κ2) is 6.55. The number of benzene rings is 1. The topological polar surface area (TPSA) is 91.5 Å². The van der Waals surface area contributed by atoms with Gasteiger partial charge in [0.05, 0.1) is 30.5 Å². The zero-order valence-corrected chi connectivity index (χ0v) is 15.9. The number of ether oxygens (including phenoxy) is 1. The van der Waals surface area contributed by atoms with Crippen molar-refractivity contribution in [2.75, 3.05) is 6.61 Å². The van der Waals surface area contributed by atoms with Crippen LogP contribution in [0.2, 0.25) is 0 Å². The maximum absolute atomic E-state index is 14.2. The second-order valence-electron chi connectivity index (χ2n) is 8.29. The highest BCUT2D eigenvalue weighted by atomic mass is 19.2. The number of aromatic nitrogens is 2. The van der Waals surface area contributed by atoms with Crippen molar-refractivity contribution in [3.05, 3.63) is 53.5 Å². The Labute approximate surface area is 171 Å². The van der Waals surface area contributed by atoms with E-state index in [1.807, 2.05) is 6.07 Å². The maximum atomic E-state index is 14.2. The standard InChI is InChI=1S/C21H17F2N5O2/c22-15-3-1-2-14(18(15)23)16-4-5-27-28(16)19(29)21-9-20(10-21,11-21)12-30-17-8-25-13(6-24)7-26-17/h1-3,5,7-8,16H,4,9-12H2. The summed E-state index contributed by atoms with van der Waals surface area (Å²) >= 11 is 0. The Kier molecular flexibility index (Phi) is 4.07. The molecule has 2 heterocycles. The number of carbonyl (C=O) groups is 1. The van der Waals surface area contributed by atoms with E-state index in [0.29, 0.717) is 38.2 Å². The number of nitrogens with zero attached hydrogens (tertiary/aromatic N) is 5. The molecule has 0 N–H and O–H groups in total. The molecule has 2 aromatic rings. The normalized spacial score (nSPS) is 28.4. The summed E-state index contributed by atoms with van der Waals surface area (Å²) in [4.78, 5) is 21.1. The van der Waals surface area contributed by atoms with Gasteiger partial charge in [0.15, 0.2) is 17.3 Å². The van der Waals surface area contributed by atoms with Crippen molar-refractivity contribution in [2.24, 2.45) is 15.9 Å². The summed E-state index contributed by atoms with van der Waals surface area (Å²) in [5, 5.41) is 14.2. The first-order valence-corrected chi connectivity index (χ1v) is 9.60. The van der Waals surface area contributed by atoms with Gasteiger partial charge in [-0.25, -0.2) is 23.8 Å². The number of hydrogen-bond acceptors (Lipinski definition) is 6. The number of halogens is 2. The molecule has 3 saturated carbocycles. The van der Waals surface area contributed by atoms with Gasteiger partial charge in [0.2, 0.25) is 11.8 Å². The summed E-state index contributed by atoms with van der Waals surface area (Å²) in [5.74, 6) is -1.68. The number of nitriles is 1. The van der Waals surface area contributed by atoms with Crippen LogP contribution in [0, 0.1) is 33.8 Å². The first-order valence-electron chi connectivity index (χ1n) is 9.60. The van der Waals surface area contributed by atoms with Crippen molar-refractivity contribution in [1.82, 2.24) is 15.0 Å². The summed E-state index contributed by atoms with van der Waals surface area (Å²) in [6.07, 6.45) is 6.66. The molecule has 0 spiro atoms. The molecule has 1 amide bonds. The molecule has 1 aromatic carbocycles. The van der Waals surface area contributed by atoms with Crippen LogP contribution in [-0.4, -0.2) is 33.7 Å². The lowest BCUT2D eigenvalue weighted by Crippen LogP contribution is -2.69. The Hall–Kier alpha value is -3.41. The fraction of sp³-hybridized carbons (Fsp3) is 0.381. The van der Waals surface area contributed by atoms with Gasteiger partial charge in [-0.05, 0) is 25.3 Å². The van der Waals surface area contributed by atoms with E-state index >= 15 is 0 Å². The van der Waals surface area contributed by atoms with E-state index in [2.05, 4.69) is 15.1 Å². The molecule has 4 aliphatic rings. The third-order valence-electron chi connectivity index (χ3n) is 6.24. The molecule has 3 aliphatic carbocycles. The van der Waals surface area contributed by atoms with E-state index < -0.39 is 23.1 Å². The predicted molar refractivity (Wildman–Crippen MR) is 100 cm³/mol. The van der Waals surface area contributed by atoms with Gasteiger partial charge in [0, 0.05) is 23.6 Å². The molecule has 1 atom stereocenters. The van der Waals surface area contributed by atoms with Crippen LogP contribution in [0.15, 0.2) is 35.7 Å². The van der Waals surface area contributed by atoms with Crippen LogP contribution in [-0.2, 0) is 4.79 Å². The fourth-order valence-electron chi connectivity index (χ4n) is 4.94. The zero-order chi connectivity index (χ0) is 20.9. The second-order valence-corrected chi connectivity index (χ2v) is 8.29. The molecule has 2 bridgehead atoms. The SMILES string of the molecule is N#Cc1cnc(OCC23CC(C(=O)N4N=CCC4c4cccc(F)c4F)(C2)C3)cn1. The van der Waals surface area contributed by atoms with Gasteiger partial charge in [-0.3, -0.25) is 4.79 Å². The number of hydrazone groups is 1. The molecule has 1 unspecified atom stereocenters. The van der Waals surface area contributed by atoms with Crippen molar-refractivity contribution >= 4 is 12.1 Å². The minimum atomic E-state index is -0.934. The van der Waals surface area contributed by atoms with E-state index in [1.54, 1.807) is 6.21 Å². The van der Waals surface area contributed by atoms with Crippen LogP contribution in [0.25, 0.3) is 0 Å². The van der Waals surface area contributed by atoms with Gasteiger partial charge < -0.3 is 4.74 Å². The number of amides is 1. The quantitative estimate of drug-likeness (QED) is 0.757. The van der Waals surface area contributed by atoms with Crippen LogP contribution in [0.3, 0.4) is 0 Å². The number of rotatable bonds is 5. The van der Waals surface area contributed by atoms with Gasteiger partial charge in [0.25, 0.3) is 0 Å². The van der Waals surface area contributed by atoms with E-state index in [9.17, 15) is 13.6 Å². The third kappa shape index (κ3) is 2.75. The molecule has 9 heteroatoms. The molecule has 1 aliphatic heterocycles. The molecule has 3 fully saturated rings. The third-order valence-corrected chi connectivity index (χ3v) is 6.24. The predicted octanol–water partition coefficient (Wildman–Crippen LogP) is 3.13. The number of hydrogen-bond donors (Lipinski definition) is 0. The van der Waals surface area contributed by atoms with Gasteiger partial charge in [-0.2, -0.15) is 10.4 Å². The molecule has 1 aromatic heterocycles. The van der Waals surface area contributed by atoms with Crippen molar-refractivity contribution in [2.45, 2.75) is 31.7 Å². The van der Waals surface area contributed by atoms with Crippen LogP contribution >= 0.6 is 0 Å². The summed E-state index contributed by atoms with van der Waals surface area (Å²) in [5.41, 5.74) is -0.240. The smallest absolute Gasteiger partial charge is 0.249 e. The highest BCUT2D eigenvalue weighted by molar-refractivity contribution is 5.88. The van der Waals surface area contributed by atoms with Crippen LogP contribution < -0.4 is 4.74 Å². The Morgan fingerprint density at radius 2 is 2.07 bits per heavy atom. The average Bonchev–Trinajstić information content (AvgIpc) is 3.18. The molecule has 6 rings (SSSR count). The summed E-state index contributed by atoms with van der Waals surface area (Å²) in [6.45, 7) is 0.411. The van der Waals surface area contributed by atoms with E-state index in [4.69, 9.17) is 10.00 Å². The van der Waals surface area contributed by atoms with Gasteiger partial charge in [0.1, 0.15) is 6.07 Å². The minimum absolute atomic E-state index is 0.0890. The van der Waals surface area contributed by atoms with Crippen molar-refractivity contribution < 1.29 is 18.3 Å². The maximum Gasteiger partial charge on any atom is 0.249 e. The molecule has 0 saturated heterocycles. The Morgan fingerprint density at radius 3 is 2.77 bits per heavy atom. The summed E-state index contributed by atoms with van der Waals surface area (Å²) in [6, 6.07) is 5.27. The molecular formula is C21H17F2N5O2. The first kappa shape index (κ1) is 18.6. The molecule has 152 valence electrons. The minimum Gasteiger partial charge on any atom is -0.476 e. The Balaban J connectivity index is 1.23. The van der Waals surface area contributed by atoms with E-state index in [0.717, 1.165) is 6.07 Å². The van der Waals surface area contributed by atoms with Gasteiger partial charge in [-0.1, -0.05) is 12.1 Å². The Morgan fingerprint density at radius 1 is 1.27 bits per heavy atom. The Bertz CT molecular complexity index is 1080. The lowest BCUT2D eigenvalue weighted by molar-refractivity contribution is -0.227. The van der Waals surface area contributed by atoms with Crippen molar-refractivity contribution in [3.63, 3.8) is 0 Å². The van der Waals surface area contributed by atoms with Crippen LogP contribution in [0.4, 0.5) is 8.78 Å². The highest BCUT2D eigenvalue weighted by Gasteiger charge is 2.73. The van der Waals surface area contributed by atoms with Crippen LogP contribution in [0.1, 0.15) is 43.0 Å². The van der Waals surface area contributed by atoms with Gasteiger partial charge >= 0.3 is 0 Å². The van der Waals surface area contributed by atoms with Crippen molar-refractivity contribution in [1.29, 1.82) is 5.26 Å². The summed E-state index contributed by atoms with van der Waals surface area (Å²) in [7, 11) is 0. The van der Waals surface area contributed by atoms with Crippen molar-refractivity contribution in [3.8, 4) is 11.9 Å². The zero-order valence-electron chi connectivity index (χ0n) is 15.9. The van der Waals surface area contributed by atoms with E-state index in [1.165, 1.54) is 29.5 Å². The fourth-order valence-corrected chi connectivity index (χ4v) is 4.94. The molecular weight excluding hydrogens is 392 g/mol. The van der Waals surface area contributed by atoms with E-state index in [-0.39, 0.29) is 22.6 Å². The number of carbonyl (C=O) groups excluding carboxylic acids is 1. The first-order chi connectivity index (χ1) is 14.5. The summed E-state index contributed by atoms with van der Waals surface area (Å²) < 4.78 is 33.6.